The molecular weight excluding hydrogens is 222 g/mol. The number of nitrogens with two attached hydrogens (primary N) is 1. The van der Waals surface area contributed by atoms with Gasteiger partial charge in [-0.1, -0.05) is 50.8 Å². The maximum absolute atomic E-state index is 6.21. The molecule has 2 N–H and O–H groups in total. The summed E-state index contributed by atoms with van der Waals surface area (Å²) in [6, 6.07) is 8.33. The van der Waals surface area contributed by atoms with Crippen molar-refractivity contribution in [1.82, 2.24) is 0 Å². The van der Waals surface area contributed by atoms with E-state index in [1.54, 1.807) is 0 Å². The highest BCUT2D eigenvalue weighted by Gasteiger charge is 2.24. The van der Waals surface area contributed by atoms with Gasteiger partial charge in [0.15, 0.2) is 0 Å². The summed E-state index contributed by atoms with van der Waals surface area (Å²) in [5, 5.41) is 0. The summed E-state index contributed by atoms with van der Waals surface area (Å²) in [6.45, 7) is 2.25. The zero-order chi connectivity index (χ0) is 12.8. The molecule has 1 heterocycles. The van der Waals surface area contributed by atoms with E-state index in [0.717, 1.165) is 18.6 Å². The van der Waals surface area contributed by atoms with Crippen molar-refractivity contribution in [3.8, 4) is 5.75 Å². The lowest BCUT2D eigenvalue weighted by Gasteiger charge is -2.30. The molecule has 0 saturated heterocycles. The summed E-state index contributed by atoms with van der Waals surface area (Å²) in [6.07, 6.45) is 9.02. The molecule has 0 amide bonds. The van der Waals surface area contributed by atoms with Gasteiger partial charge in [0, 0.05) is 18.0 Å². The lowest BCUT2D eigenvalue weighted by atomic mass is 9.94. The first kappa shape index (κ1) is 13.4. The van der Waals surface area contributed by atoms with Crippen LogP contribution in [0, 0.1) is 0 Å². The van der Waals surface area contributed by atoms with Gasteiger partial charge in [0.05, 0.1) is 0 Å². The topological polar surface area (TPSA) is 35.2 Å². The van der Waals surface area contributed by atoms with E-state index in [1.807, 2.05) is 18.2 Å². The SMILES string of the molecule is CCCCCCCC1C[C@@H](N)c2ccccc2O1. The average Bonchev–Trinajstić information content (AvgIpc) is 2.39. The van der Waals surface area contributed by atoms with Gasteiger partial charge >= 0.3 is 0 Å². The Morgan fingerprint density at radius 2 is 1.94 bits per heavy atom. The first-order chi connectivity index (χ1) is 8.81. The van der Waals surface area contributed by atoms with Gasteiger partial charge < -0.3 is 10.5 Å². The van der Waals surface area contributed by atoms with Crippen LogP contribution < -0.4 is 10.5 Å². The van der Waals surface area contributed by atoms with Crippen LogP contribution in [0.1, 0.15) is 63.5 Å². The molecule has 0 bridgehead atoms. The second kappa shape index (κ2) is 6.79. The first-order valence-electron chi connectivity index (χ1n) is 7.32. The van der Waals surface area contributed by atoms with E-state index >= 15 is 0 Å². The fraction of sp³-hybridized carbons (Fsp3) is 0.625. The van der Waals surface area contributed by atoms with E-state index in [-0.39, 0.29) is 6.04 Å². The molecule has 2 rings (SSSR count). The predicted molar refractivity (Wildman–Crippen MR) is 75.8 cm³/mol. The van der Waals surface area contributed by atoms with Crippen molar-refractivity contribution in [2.45, 2.75) is 64.0 Å². The minimum atomic E-state index is 0.149. The second-order valence-electron chi connectivity index (χ2n) is 5.32. The maximum atomic E-state index is 6.21. The van der Waals surface area contributed by atoms with E-state index in [2.05, 4.69) is 13.0 Å². The molecule has 1 aliphatic rings. The molecule has 100 valence electrons. The van der Waals surface area contributed by atoms with Crippen LogP contribution in [0.25, 0.3) is 0 Å². The van der Waals surface area contributed by atoms with Crippen LogP contribution in [0.3, 0.4) is 0 Å². The average molecular weight is 247 g/mol. The van der Waals surface area contributed by atoms with Crippen LogP contribution in [0.5, 0.6) is 5.75 Å². The Hall–Kier alpha value is -1.02. The number of hydrogen-bond acceptors (Lipinski definition) is 2. The lowest BCUT2D eigenvalue weighted by Crippen LogP contribution is -2.29. The molecular formula is C16H25NO. The Morgan fingerprint density at radius 1 is 1.17 bits per heavy atom. The molecule has 2 atom stereocenters. The van der Waals surface area contributed by atoms with Crippen LogP contribution in [-0.4, -0.2) is 6.10 Å². The fourth-order valence-corrected chi connectivity index (χ4v) is 2.68. The van der Waals surface area contributed by atoms with Crippen LogP contribution in [0.4, 0.5) is 0 Å². The minimum Gasteiger partial charge on any atom is -0.490 e. The minimum absolute atomic E-state index is 0.149. The number of benzene rings is 1. The summed E-state index contributed by atoms with van der Waals surface area (Å²) in [4.78, 5) is 0. The second-order valence-corrected chi connectivity index (χ2v) is 5.32. The van der Waals surface area contributed by atoms with Gasteiger partial charge in [-0.2, -0.15) is 0 Å². The predicted octanol–water partition coefficient (Wildman–Crippen LogP) is 4.20. The van der Waals surface area contributed by atoms with Gasteiger partial charge in [0.2, 0.25) is 0 Å². The van der Waals surface area contributed by atoms with Crippen LogP contribution >= 0.6 is 0 Å². The largest absolute Gasteiger partial charge is 0.490 e. The molecule has 18 heavy (non-hydrogen) atoms. The third kappa shape index (κ3) is 3.49. The molecule has 1 aromatic rings. The Bertz CT molecular complexity index is 364. The highest BCUT2D eigenvalue weighted by atomic mass is 16.5. The smallest absolute Gasteiger partial charge is 0.124 e. The summed E-state index contributed by atoms with van der Waals surface area (Å²) < 4.78 is 6.03. The van der Waals surface area contributed by atoms with Gasteiger partial charge in [-0.25, -0.2) is 0 Å². The van der Waals surface area contributed by atoms with Crippen molar-refractivity contribution in [3.63, 3.8) is 0 Å². The molecule has 0 radical (unpaired) electrons. The highest BCUT2D eigenvalue weighted by Crippen LogP contribution is 2.34. The number of ether oxygens (including phenoxy) is 1. The maximum Gasteiger partial charge on any atom is 0.124 e. The van der Waals surface area contributed by atoms with Gasteiger partial charge in [-0.15, -0.1) is 0 Å². The van der Waals surface area contributed by atoms with Gasteiger partial charge in [0.25, 0.3) is 0 Å². The fourth-order valence-electron chi connectivity index (χ4n) is 2.68. The van der Waals surface area contributed by atoms with Crippen molar-refractivity contribution >= 4 is 0 Å². The third-order valence-electron chi connectivity index (χ3n) is 3.76. The van der Waals surface area contributed by atoms with Crippen LogP contribution in [0.15, 0.2) is 24.3 Å². The zero-order valence-electron chi connectivity index (χ0n) is 11.4. The standard InChI is InChI=1S/C16H25NO/c1-2-3-4-5-6-9-13-12-15(17)14-10-7-8-11-16(14)18-13/h7-8,10-11,13,15H,2-6,9,12,17H2,1H3/t13?,15-/m1/s1. The van der Waals surface area contributed by atoms with Crippen molar-refractivity contribution in [2.24, 2.45) is 5.73 Å². The molecule has 2 nitrogen and oxygen atoms in total. The number of rotatable bonds is 6. The normalized spacial score (nSPS) is 22.3. The lowest BCUT2D eigenvalue weighted by molar-refractivity contribution is 0.146. The Kier molecular flexibility index (Phi) is 5.06. The van der Waals surface area contributed by atoms with Gasteiger partial charge in [-0.3, -0.25) is 0 Å². The quantitative estimate of drug-likeness (QED) is 0.765. The highest BCUT2D eigenvalue weighted by molar-refractivity contribution is 5.37. The monoisotopic (exact) mass is 247 g/mol. The summed E-state index contributed by atoms with van der Waals surface area (Å²) in [7, 11) is 0. The van der Waals surface area contributed by atoms with Crippen LogP contribution in [-0.2, 0) is 0 Å². The molecule has 1 aliphatic heterocycles. The van der Waals surface area contributed by atoms with E-state index in [4.69, 9.17) is 10.5 Å². The number of hydrogen-bond donors (Lipinski definition) is 1. The molecule has 0 saturated carbocycles. The van der Waals surface area contributed by atoms with E-state index in [9.17, 15) is 0 Å². The van der Waals surface area contributed by atoms with Crippen LogP contribution in [0.2, 0.25) is 0 Å². The summed E-state index contributed by atoms with van der Waals surface area (Å²) in [5.74, 6) is 0.995. The van der Waals surface area contributed by atoms with Gasteiger partial charge in [-0.05, 0) is 18.9 Å². The summed E-state index contributed by atoms with van der Waals surface area (Å²) >= 11 is 0. The Balaban J connectivity index is 1.80. The van der Waals surface area contributed by atoms with Crippen molar-refractivity contribution in [1.29, 1.82) is 0 Å². The molecule has 0 aromatic heterocycles. The Labute approximate surface area is 111 Å². The number of fused-ring (bicyclic) bond motifs is 1. The third-order valence-corrected chi connectivity index (χ3v) is 3.76. The van der Waals surface area contributed by atoms with Crippen molar-refractivity contribution in [3.05, 3.63) is 29.8 Å². The van der Waals surface area contributed by atoms with E-state index in [0.29, 0.717) is 6.10 Å². The molecule has 0 spiro atoms. The molecule has 1 unspecified atom stereocenters. The molecule has 1 aromatic carbocycles. The molecule has 2 heteroatoms. The van der Waals surface area contributed by atoms with Crippen molar-refractivity contribution in [2.75, 3.05) is 0 Å². The van der Waals surface area contributed by atoms with E-state index < -0.39 is 0 Å². The van der Waals surface area contributed by atoms with Gasteiger partial charge in [0.1, 0.15) is 11.9 Å². The zero-order valence-corrected chi connectivity index (χ0v) is 11.4. The number of unbranched alkanes of at least 4 members (excludes halogenated alkanes) is 4. The van der Waals surface area contributed by atoms with E-state index in [1.165, 1.54) is 37.7 Å². The molecule has 0 fully saturated rings. The first-order valence-corrected chi connectivity index (χ1v) is 7.32. The number of para-hydroxylation sites is 1. The summed E-state index contributed by atoms with van der Waals surface area (Å²) in [5.41, 5.74) is 7.38. The molecule has 0 aliphatic carbocycles. The van der Waals surface area contributed by atoms with Crippen molar-refractivity contribution < 1.29 is 4.74 Å². The Morgan fingerprint density at radius 3 is 2.78 bits per heavy atom.